The van der Waals surface area contributed by atoms with Gasteiger partial charge in [0.05, 0.1) is 13.2 Å². The molecule has 2 aromatic heterocycles. The molecule has 0 radical (unpaired) electrons. The third kappa shape index (κ3) is 14.9. The van der Waals surface area contributed by atoms with E-state index in [1.54, 1.807) is 113 Å². The number of ether oxygens (including phenoxy) is 4. The zero-order valence-electron chi connectivity index (χ0n) is 42.2. The van der Waals surface area contributed by atoms with Crippen molar-refractivity contribution in [2.24, 2.45) is 0 Å². The Bertz CT molecular complexity index is 2470. The Labute approximate surface area is 453 Å². The second-order valence-corrected chi connectivity index (χ2v) is 18.1. The summed E-state index contributed by atoms with van der Waals surface area (Å²) in [7, 11) is 6.09. The minimum Gasteiger partial charge on any atom is -1.00 e. The maximum atomic E-state index is 13.2. The van der Waals surface area contributed by atoms with Crippen LogP contribution in [0.5, 0.6) is 0 Å². The molecule has 2 heterocycles. The van der Waals surface area contributed by atoms with Crippen molar-refractivity contribution in [3.8, 4) is 0 Å². The highest BCUT2D eigenvalue weighted by Gasteiger charge is 2.50. The molecular weight excluding hydrogens is 1040 g/mol. The summed E-state index contributed by atoms with van der Waals surface area (Å²) in [5, 5.41) is 0.833. The SMILES string of the molecule is CCOC(=O)CN(C)C(=O)c1ccc[n+](COC(=O)N(C)[C@@]2(c3ccccc3Cl)CCCCC2=O)c1.CCOC(=O)CN(C)C(=O)c1ccc[n+](COC(=O)N(C)[C@]2(c3ccccc3Cl)CCCCC2=O)c1.[Cl-].[Cl-]. The molecule has 18 nitrogen and oxygen atoms in total. The quantitative estimate of drug-likeness (QED) is 0.0867. The molecule has 0 spiro atoms. The van der Waals surface area contributed by atoms with Crippen molar-refractivity contribution in [3.63, 3.8) is 0 Å². The number of ketones is 2. The topological polar surface area (TPSA) is 194 Å². The van der Waals surface area contributed by atoms with Gasteiger partial charge in [-0.15, -0.1) is 0 Å². The Morgan fingerprint density at radius 1 is 0.541 bits per heavy atom. The number of aromatic nitrogens is 2. The highest BCUT2D eigenvalue weighted by Crippen LogP contribution is 2.44. The number of pyridine rings is 2. The van der Waals surface area contributed by atoms with E-state index in [1.807, 2.05) is 0 Å². The number of likely N-dealkylation sites (N-methyl/N-ethyl adjacent to an activating group) is 4. The molecule has 0 N–H and O–H groups in total. The van der Waals surface area contributed by atoms with Crippen LogP contribution < -0.4 is 33.9 Å². The van der Waals surface area contributed by atoms with E-state index < -0.39 is 35.2 Å². The fourth-order valence-electron chi connectivity index (χ4n) is 8.87. The number of rotatable bonds is 16. The molecule has 2 fully saturated rings. The van der Waals surface area contributed by atoms with Crippen molar-refractivity contribution in [2.75, 3.05) is 54.5 Å². The zero-order chi connectivity index (χ0) is 52.6. The predicted octanol–water partition coefficient (Wildman–Crippen LogP) is 0.662. The first-order chi connectivity index (χ1) is 34.4. The summed E-state index contributed by atoms with van der Waals surface area (Å²) in [6, 6.07) is 20.6. The van der Waals surface area contributed by atoms with Crippen LogP contribution in [0.25, 0.3) is 0 Å². The Hall–Kier alpha value is -6.34. The van der Waals surface area contributed by atoms with Crippen LogP contribution in [0.15, 0.2) is 97.6 Å². The van der Waals surface area contributed by atoms with E-state index in [1.165, 1.54) is 55.2 Å². The van der Waals surface area contributed by atoms with E-state index in [-0.39, 0.29) is 88.0 Å². The number of esters is 2. The molecule has 0 bridgehead atoms. The fraction of sp³-hybridized carbons (Fsp3) is 0.423. The zero-order valence-corrected chi connectivity index (χ0v) is 45.3. The van der Waals surface area contributed by atoms with Crippen molar-refractivity contribution < 1.29 is 91.3 Å². The molecule has 4 amide bonds. The number of halogens is 4. The lowest BCUT2D eigenvalue weighted by Crippen LogP contribution is -3.00. The fourth-order valence-corrected chi connectivity index (χ4v) is 9.45. The van der Waals surface area contributed by atoms with Crippen LogP contribution in [-0.2, 0) is 62.7 Å². The molecule has 2 saturated carbocycles. The first-order valence-corrected chi connectivity index (χ1v) is 24.3. The number of hydrogen-bond acceptors (Lipinski definition) is 12. The van der Waals surface area contributed by atoms with Gasteiger partial charge >= 0.3 is 24.1 Å². The molecule has 74 heavy (non-hydrogen) atoms. The highest BCUT2D eigenvalue weighted by molar-refractivity contribution is 6.32. The van der Waals surface area contributed by atoms with Gasteiger partial charge in [-0.05, 0) is 76.6 Å². The number of benzene rings is 2. The molecule has 22 heteroatoms. The number of nitrogens with zero attached hydrogens (tertiary/aromatic N) is 6. The summed E-state index contributed by atoms with van der Waals surface area (Å²) in [5.41, 5.74) is -0.619. The van der Waals surface area contributed by atoms with Crippen LogP contribution in [0.2, 0.25) is 10.0 Å². The standard InChI is InChI=1S/2C26H31ClN3O6.2ClH/c2*1-4-35-23(32)17-28(2)24(33)19-10-9-15-30(16-19)18-36-25(34)29(3)26(14-8-7-13-22(26)31)20-11-5-6-12-21(20)27;;/h2*5-6,9-12,15-16H,4,7-8,13-14,17-18H2,1-3H3;2*1H/q2*+1;;/p-2/t2*26-;;/m10../s1. The lowest BCUT2D eigenvalue weighted by Gasteiger charge is -2.43. The van der Waals surface area contributed by atoms with E-state index in [9.17, 15) is 38.4 Å². The Balaban J connectivity index is 0.000000380. The Kier molecular flexibility index (Phi) is 24.2. The smallest absolute Gasteiger partial charge is 0.415 e. The van der Waals surface area contributed by atoms with Crippen LogP contribution in [0.4, 0.5) is 9.59 Å². The van der Waals surface area contributed by atoms with Gasteiger partial charge < -0.3 is 53.6 Å². The maximum Gasteiger partial charge on any atom is 0.415 e. The summed E-state index contributed by atoms with van der Waals surface area (Å²) in [6.45, 7) is 3.12. The van der Waals surface area contributed by atoms with Crippen molar-refractivity contribution in [1.82, 2.24) is 19.6 Å². The van der Waals surface area contributed by atoms with Crippen molar-refractivity contribution in [3.05, 3.63) is 130 Å². The molecule has 400 valence electrons. The molecule has 2 aliphatic rings. The molecule has 2 atom stereocenters. The van der Waals surface area contributed by atoms with Gasteiger partial charge in [0.15, 0.2) is 36.4 Å². The molecule has 0 aliphatic heterocycles. The second-order valence-electron chi connectivity index (χ2n) is 17.3. The van der Waals surface area contributed by atoms with E-state index in [0.717, 1.165) is 25.7 Å². The van der Waals surface area contributed by atoms with Gasteiger partial charge in [0, 0.05) is 74.3 Å². The number of carbonyl (C=O) groups is 8. The van der Waals surface area contributed by atoms with Crippen LogP contribution in [0, 0.1) is 0 Å². The molecule has 4 aromatic rings. The summed E-state index contributed by atoms with van der Waals surface area (Å²) in [5.74, 6) is -1.92. The Morgan fingerprint density at radius 2 is 0.905 bits per heavy atom. The highest BCUT2D eigenvalue weighted by atomic mass is 35.5. The van der Waals surface area contributed by atoms with E-state index in [2.05, 4.69) is 0 Å². The van der Waals surface area contributed by atoms with E-state index in [0.29, 0.717) is 58.0 Å². The first kappa shape index (κ1) is 62.0. The first-order valence-electron chi connectivity index (χ1n) is 23.6. The molecule has 0 saturated heterocycles. The van der Waals surface area contributed by atoms with Gasteiger partial charge in [-0.3, -0.25) is 38.6 Å². The lowest BCUT2D eigenvalue weighted by molar-refractivity contribution is -0.727. The third-order valence-corrected chi connectivity index (χ3v) is 13.2. The van der Waals surface area contributed by atoms with Gasteiger partial charge in [-0.2, -0.15) is 9.13 Å². The molecule has 0 unspecified atom stereocenters. The largest absolute Gasteiger partial charge is 1.00 e. The van der Waals surface area contributed by atoms with Gasteiger partial charge in [0.2, 0.25) is 0 Å². The minimum atomic E-state index is -1.20. The van der Waals surface area contributed by atoms with Gasteiger partial charge in [-0.1, -0.05) is 59.6 Å². The molecule has 6 rings (SSSR count). The van der Waals surface area contributed by atoms with Crippen molar-refractivity contribution >= 4 is 70.7 Å². The van der Waals surface area contributed by atoms with Gasteiger partial charge in [0.25, 0.3) is 25.3 Å². The predicted molar refractivity (Wildman–Crippen MR) is 262 cm³/mol. The van der Waals surface area contributed by atoms with Crippen LogP contribution in [0.3, 0.4) is 0 Å². The minimum absolute atomic E-state index is 0. The van der Waals surface area contributed by atoms with Gasteiger partial charge in [0.1, 0.15) is 35.3 Å². The van der Waals surface area contributed by atoms with Crippen LogP contribution in [-0.4, -0.2) is 122 Å². The molecule has 2 aromatic carbocycles. The van der Waals surface area contributed by atoms with Crippen molar-refractivity contribution in [2.45, 2.75) is 89.8 Å². The Morgan fingerprint density at radius 3 is 1.24 bits per heavy atom. The molecular formula is C52H62Cl4N6O12. The van der Waals surface area contributed by atoms with Crippen LogP contribution in [0.1, 0.15) is 97.1 Å². The number of amides is 4. The normalized spacial score (nSPS) is 16.8. The lowest BCUT2D eigenvalue weighted by atomic mass is 9.74. The average molecular weight is 1100 g/mol. The second kappa shape index (κ2) is 28.9. The summed E-state index contributed by atoms with van der Waals surface area (Å²) >= 11 is 12.9. The van der Waals surface area contributed by atoms with Crippen LogP contribution >= 0.6 is 23.2 Å². The third-order valence-electron chi connectivity index (χ3n) is 12.6. The summed E-state index contributed by atoms with van der Waals surface area (Å²) in [4.78, 5) is 107. The summed E-state index contributed by atoms with van der Waals surface area (Å²) < 4.78 is 23.9. The van der Waals surface area contributed by atoms with Gasteiger partial charge in [-0.25, -0.2) is 9.59 Å². The number of hydrogen-bond donors (Lipinski definition) is 0. The van der Waals surface area contributed by atoms with E-state index >= 15 is 0 Å². The average Bonchev–Trinajstić information content (AvgIpc) is 3.37. The number of carbonyl (C=O) groups excluding carboxylic acids is 8. The summed E-state index contributed by atoms with van der Waals surface area (Å²) in [6.07, 6.45) is 9.61. The number of Topliss-reactive ketones (excluding diaryl/α,β-unsaturated/α-hetero) is 2. The van der Waals surface area contributed by atoms with E-state index in [4.69, 9.17) is 42.1 Å². The van der Waals surface area contributed by atoms with Crippen molar-refractivity contribution in [1.29, 1.82) is 0 Å². The maximum absolute atomic E-state index is 13.2. The molecule has 2 aliphatic carbocycles. The monoisotopic (exact) mass is 1100 g/mol.